The standard InChI is InChI=1S/C18H27NO4/c1-4-18(5-2,17(21)22)13-19-16(20)11-8-12-23-15-10-7-6-9-14(15)3/h6-7,9-10H,4-5,8,11-13H2,1-3H3,(H,19,20)(H,21,22). The van der Waals surface area contributed by atoms with Crippen molar-refractivity contribution in [3.8, 4) is 5.75 Å². The summed E-state index contributed by atoms with van der Waals surface area (Å²) in [4.78, 5) is 23.2. The van der Waals surface area contributed by atoms with Crippen molar-refractivity contribution >= 4 is 11.9 Å². The van der Waals surface area contributed by atoms with Crippen molar-refractivity contribution in [2.24, 2.45) is 5.41 Å². The molecule has 128 valence electrons. The van der Waals surface area contributed by atoms with Gasteiger partial charge in [0.05, 0.1) is 12.0 Å². The summed E-state index contributed by atoms with van der Waals surface area (Å²) >= 11 is 0. The van der Waals surface area contributed by atoms with E-state index in [0.29, 0.717) is 32.3 Å². The molecular formula is C18H27NO4. The predicted molar refractivity (Wildman–Crippen MR) is 89.6 cm³/mol. The minimum atomic E-state index is -0.868. The van der Waals surface area contributed by atoms with E-state index in [4.69, 9.17) is 4.74 Å². The van der Waals surface area contributed by atoms with Crippen molar-refractivity contribution < 1.29 is 19.4 Å². The molecule has 2 N–H and O–H groups in total. The minimum absolute atomic E-state index is 0.133. The van der Waals surface area contributed by atoms with Gasteiger partial charge in [-0.2, -0.15) is 0 Å². The second-order valence-corrected chi connectivity index (χ2v) is 5.79. The molecule has 0 aromatic heterocycles. The molecule has 1 aromatic rings. The van der Waals surface area contributed by atoms with Crippen LogP contribution in [-0.2, 0) is 9.59 Å². The summed E-state index contributed by atoms with van der Waals surface area (Å²) in [5.41, 5.74) is 0.196. The lowest BCUT2D eigenvalue weighted by Crippen LogP contribution is -2.42. The number of benzene rings is 1. The maximum Gasteiger partial charge on any atom is 0.311 e. The summed E-state index contributed by atoms with van der Waals surface area (Å²) in [7, 11) is 0. The lowest BCUT2D eigenvalue weighted by molar-refractivity contribution is -0.149. The van der Waals surface area contributed by atoms with Crippen LogP contribution in [0.3, 0.4) is 0 Å². The number of carbonyl (C=O) groups excluding carboxylic acids is 1. The molecule has 1 rings (SSSR count). The lowest BCUT2D eigenvalue weighted by atomic mass is 9.82. The fourth-order valence-electron chi connectivity index (χ4n) is 2.37. The average Bonchev–Trinajstić information content (AvgIpc) is 2.54. The highest BCUT2D eigenvalue weighted by atomic mass is 16.5. The number of aryl methyl sites for hydroxylation is 1. The summed E-state index contributed by atoms with van der Waals surface area (Å²) in [6.45, 7) is 6.28. The Hall–Kier alpha value is -2.04. The quantitative estimate of drug-likeness (QED) is 0.649. The van der Waals surface area contributed by atoms with E-state index in [-0.39, 0.29) is 12.5 Å². The molecule has 0 aliphatic heterocycles. The second kappa shape index (κ2) is 9.18. The van der Waals surface area contributed by atoms with Crippen LogP contribution in [0.5, 0.6) is 5.75 Å². The number of hydrogen-bond acceptors (Lipinski definition) is 3. The third-order valence-electron chi connectivity index (χ3n) is 4.33. The fraction of sp³-hybridized carbons (Fsp3) is 0.556. The smallest absolute Gasteiger partial charge is 0.311 e. The molecule has 0 saturated carbocycles. The summed E-state index contributed by atoms with van der Waals surface area (Å²) in [6.07, 6.45) is 1.92. The Labute approximate surface area is 138 Å². The largest absolute Gasteiger partial charge is 0.493 e. The zero-order valence-electron chi connectivity index (χ0n) is 14.2. The van der Waals surface area contributed by atoms with Crippen molar-refractivity contribution in [3.63, 3.8) is 0 Å². The van der Waals surface area contributed by atoms with Crippen LogP contribution in [0.15, 0.2) is 24.3 Å². The Kier molecular flexibility index (Phi) is 7.59. The predicted octanol–water partition coefficient (Wildman–Crippen LogP) is 3.16. The van der Waals surface area contributed by atoms with Crippen molar-refractivity contribution in [1.29, 1.82) is 0 Å². The van der Waals surface area contributed by atoms with Crippen LogP contribution >= 0.6 is 0 Å². The first-order chi connectivity index (χ1) is 10.9. The van der Waals surface area contributed by atoms with Gasteiger partial charge in [-0.25, -0.2) is 0 Å². The molecule has 0 bridgehead atoms. The van der Waals surface area contributed by atoms with Crippen LogP contribution in [0.2, 0.25) is 0 Å². The first-order valence-corrected chi connectivity index (χ1v) is 8.13. The molecule has 0 atom stereocenters. The number of amides is 1. The van der Waals surface area contributed by atoms with E-state index in [2.05, 4.69) is 5.32 Å². The zero-order chi connectivity index (χ0) is 17.3. The number of carbonyl (C=O) groups is 2. The second-order valence-electron chi connectivity index (χ2n) is 5.79. The van der Waals surface area contributed by atoms with E-state index in [1.165, 1.54) is 0 Å². The van der Waals surface area contributed by atoms with Gasteiger partial charge in [0.15, 0.2) is 0 Å². The van der Waals surface area contributed by atoms with Gasteiger partial charge in [0.2, 0.25) is 5.91 Å². The van der Waals surface area contributed by atoms with Crippen molar-refractivity contribution in [1.82, 2.24) is 5.32 Å². The maximum absolute atomic E-state index is 11.9. The van der Waals surface area contributed by atoms with E-state index in [0.717, 1.165) is 11.3 Å². The number of carboxylic acid groups (broad SMARTS) is 1. The van der Waals surface area contributed by atoms with Crippen molar-refractivity contribution in [3.05, 3.63) is 29.8 Å². The number of ether oxygens (including phenoxy) is 1. The molecule has 0 spiro atoms. The molecule has 0 heterocycles. The highest BCUT2D eigenvalue weighted by Gasteiger charge is 2.34. The number of nitrogens with one attached hydrogen (secondary N) is 1. The number of hydrogen-bond donors (Lipinski definition) is 2. The molecule has 0 fully saturated rings. The van der Waals surface area contributed by atoms with E-state index in [1.54, 1.807) is 0 Å². The molecule has 23 heavy (non-hydrogen) atoms. The minimum Gasteiger partial charge on any atom is -0.493 e. The molecule has 0 aliphatic carbocycles. The van der Waals surface area contributed by atoms with Gasteiger partial charge in [-0.3, -0.25) is 9.59 Å². The lowest BCUT2D eigenvalue weighted by Gasteiger charge is -2.26. The third-order valence-corrected chi connectivity index (χ3v) is 4.33. The number of rotatable bonds is 10. The molecular weight excluding hydrogens is 294 g/mol. The van der Waals surface area contributed by atoms with Crippen LogP contribution in [-0.4, -0.2) is 30.1 Å². The van der Waals surface area contributed by atoms with Gasteiger partial charge >= 0.3 is 5.97 Å². The van der Waals surface area contributed by atoms with Gasteiger partial charge in [0.1, 0.15) is 5.75 Å². The number of carboxylic acids is 1. The van der Waals surface area contributed by atoms with Crippen LogP contribution < -0.4 is 10.1 Å². The average molecular weight is 321 g/mol. The molecule has 0 unspecified atom stereocenters. The first-order valence-electron chi connectivity index (χ1n) is 8.13. The third kappa shape index (κ3) is 5.58. The maximum atomic E-state index is 11.9. The number of para-hydroxylation sites is 1. The van der Waals surface area contributed by atoms with Gasteiger partial charge in [-0.15, -0.1) is 0 Å². The summed E-state index contributed by atoms with van der Waals surface area (Å²) in [6, 6.07) is 7.74. The Balaban J connectivity index is 2.32. The van der Waals surface area contributed by atoms with Gasteiger partial charge in [0.25, 0.3) is 0 Å². The first kappa shape index (κ1) is 19.0. The Morgan fingerprint density at radius 3 is 2.43 bits per heavy atom. The molecule has 0 aliphatic rings. The van der Waals surface area contributed by atoms with E-state index in [1.807, 2.05) is 45.0 Å². The molecule has 5 heteroatoms. The number of aliphatic carboxylic acids is 1. The molecule has 0 radical (unpaired) electrons. The van der Waals surface area contributed by atoms with E-state index < -0.39 is 11.4 Å². The Morgan fingerprint density at radius 1 is 1.22 bits per heavy atom. The highest BCUT2D eigenvalue weighted by molar-refractivity contribution is 5.79. The fourth-order valence-corrected chi connectivity index (χ4v) is 2.37. The van der Waals surface area contributed by atoms with Crippen LogP contribution in [0.4, 0.5) is 0 Å². The van der Waals surface area contributed by atoms with Crippen molar-refractivity contribution in [2.45, 2.75) is 46.5 Å². The van der Waals surface area contributed by atoms with Crippen LogP contribution in [0.25, 0.3) is 0 Å². The van der Waals surface area contributed by atoms with Gasteiger partial charge in [-0.1, -0.05) is 32.0 Å². The molecule has 1 amide bonds. The van der Waals surface area contributed by atoms with E-state index >= 15 is 0 Å². The van der Waals surface area contributed by atoms with Crippen molar-refractivity contribution in [2.75, 3.05) is 13.2 Å². The van der Waals surface area contributed by atoms with E-state index in [9.17, 15) is 14.7 Å². The van der Waals surface area contributed by atoms with Gasteiger partial charge in [-0.05, 0) is 37.8 Å². The summed E-state index contributed by atoms with van der Waals surface area (Å²) in [5, 5.41) is 12.1. The topological polar surface area (TPSA) is 75.6 Å². The normalized spacial score (nSPS) is 11.1. The molecule has 5 nitrogen and oxygen atoms in total. The monoisotopic (exact) mass is 321 g/mol. The Bertz CT molecular complexity index is 524. The Morgan fingerprint density at radius 2 is 1.87 bits per heavy atom. The summed E-state index contributed by atoms with van der Waals surface area (Å²) < 4.78 is 5.64. The molecule has 0 saturated heterocycles. The summed E-state index contributed by atoms with van der Waals surface area (Å²) in [5.74, 6) is -0.161. The molecule has 1 aromatic carbocycles. The van der Waals surface area contributed by atoms with Crippen LogP contribution in [0, 0.1) is 12.3 Å². The van der Waals surface area contributed by atoms with Gasteiger partial charge < -0.3 is 15.2 Å². The van der Waals surface area contributed by atoms with Crippen LogP contribution in [0.1, 0.15) is 45.1 Å². The zero-order valence-corrected chi connectivity index (χ0v) is 14.2. The SMILES string of the molecule is CCC(CC)(CNC(=O)CCCOc1ccccc1C)C(=O)O. The highest BCUT2D eigenvalue weighted by Crippen LogP contribution is 2.25. The van der Waals surface area contributed by atoms with Gasteiger partial charge in [0, 0.05) is 13.0 Å².